The first-order valence-electron chi connectivity index (χ1n) is 7.16. The lowest BCUT2D eigenvalue weighted by Gasteiger charge is -2.18. The van der Waals surface area contributed by atoms with Gasteiger partial charge in [0.1, 0.15) is 0 Å². The van der Waals surface area contributed by atoms with Crippen molar-refractivity contribution in [2.24, 2.45) is 0 Å². The minimum Gasteiger partial charge on any atom is -0.329 e. The van der Waals surface area contributed by atoms with E-state index in [1.165, 1.54) is 10.4 Å². The van der Waals surface area contributed by atoms with Crippen molar-refractivity contribution < 1.29 is 0 Å². The molecule has 0 saturated carbocycles. The summed E-state index contributed by atoms with van der Waals surface area (Å²) >= 11 is 7.73. The summed E-state index contributed by atoms with van der Waals surface area (Å²) in [4.78, 5) is 5.73. The Morgan fingerprint density at radius 2 is 2.14 bits per heavy atom. The van der Waals surface area contributed by atoms with Gasteiger partial charge in [0.05, 0.1) is 27.7 Å². The van der Waals surface area contributed by atoms with Gasteiger partial charge in [0, 0.05) is 11.4 Å². The fourth-order valence-electron chi connectivity index (χ4n) is 2.44. The number of hydrogen-bond donors (Lipinski definition) is 1. The average molecular weight is 320 g/mol. The molecule has 1 unspecified atom stereocenters. The number of benzene rings is 1. The highest BCUT2D eigenvalue weighted by molar-refractivity contribution is 7.16. The van der Waals surface area contributed by atoms with Crippen molar-refractivity contribution in [3.05, 3.63) is 51.9 Å². The van der Waals surface area contributed by atoms with Crippen LogP contribution in [0, 0.1) is 0 Å². The van der Waals surface area contributed by atoms with Gasteiger partial charge in [-0.2, -0.15) is 0 Å². The third kappa shape index (κ3) is 3.28. The number of rotatable bonds is 6. The van der Waals surface area contributed by atoms with Crippen molar-refractivity contribution in [1.29, 1.82) is 0 Å². The summed E-state index contributed by atoms with van der Waals surface area (Å²) in [5.74, 6) is 0. The summed E-state index contributed by atoms with van der Waals surface area (Å²) in [6, 6.07) is 12.6. The minimum absolute atomic E-state index is 0.264. The van der Waals surface area contributed by atoms with Crippen LogP contribution < -0.4 is 5.32 Å². The van der Waals surface area contributed by atoms with Crippen LogP contribution in [0.1, 0.15) is 24.3 Å². The fourth-order valence-corrected chi connectivity index (χ4v) is 3.57. The number of hydrogen-bond acceptors (Lipinski definition) is 3. The number of fused-ring (bicyclic) bond motifs is 1. The predicted octanol–water partition coefficient (Wildman–Crippen LogP) is 4.49. The molecule has 2 aromatic heterocycles. The van der Waals surface area contributed by atoms with Crippen molar-refractivity contribution in [1.82, 2.24) is 14.9 Å². The molecule has 2 heterocycles. The van der Waals surface area contributed by atoms with Crippen LogP contribution >= 0.6 is 22.9 Å². The van der Waals surface area contributed by atoms with Gasteiger partial charge in [-0.1, -0.05) is 30.7 Å². The normalized spacial score (nSPS) is 12.9. The van der Waals surface area contributed by atoms with Crippen LogP contribution in [0.4, 0.5) is 0 Å². The SMILES string of the molecule is CCCNC(Cn1cnc2ccccc21)c1ccc(Cl)s1. The van der Waals surface area contributed by atoms with Crippen LogP contribution in [0.3, 0.4) is 0 Å². The van der Waals surface area contributed by atoms with Crippen LogP contribution in [-0.2, 0) is 6.54 Å². The summed E-state index contributed by atoms with van der Waals surface area (Å²) in [5.41, 5.74) is 2.21. The van der Waals surface area contributed by atoms with Crippen molar-refractivity contribution >= 4 is 34.0 Å². The number of nitrogens with zero attached hydrogens (tertiary/aromatic N) is 2. The van der Waals surface area contributed by atoms with Gasteiger partial charge in [-0.25, -0.2) is 4.98 Å². The van der Waals surface area contributed by atoms with Gasteiger partial charge < -0.3 is 9.88 Å². The van der Waals surface area contributed by atoms with Gasteiger partial charge in [0.15, 0.2) is 0 Å². The van der Waals surface area contributed by atoms with Crippen LogP contribution in [0.2, 0.25) is 4.34 Å². The Balaban J connectivity index is 1.87. The van der Waals surface area contributed by atoms with Gasteiger partial charge in [-0.05, 0) is 37.2 Å². The third-order valence-corrected chi connectivity index (χ3v) is 4.83. The summed E-state index contributed by atoms with van der Waals surface area (Å²) in [6.07, 6.45) is 3.03. The molecule has 3 nitrogen and oxygen atoms in total. The van der Waals surface area contributed by atoms with Crippen molar-refractivity contribution in [2.45, 2.75) is 25.9 Å². The molecule has 0 spiro atoms. The standard InChI is InChI=1S/C16H18ClN3S/c1-2-9-18-13(15-7-8-16(17)21-15)10-20-11-19-12-5-3-4-6-14(12)20/h3-8,11,13,18H,2,9-10H2,1H3. The highest BCUT2D eigenvalue weighted by atomic mass is 35.5. The Morgan fingerprint density at radius 1 is 1.29 bits per heavy atom. The van der Waals surface area contributed by atoms with Crippen molar-refractivity contribution in [2.75, 3.05) is 6.54 Å². The van der Waals surface area contributed by atoms with Gasteiger partial charge in [0.2, 0.25) is 0 Å². The van der Waals surface area contributed by atoms with Gasteiger partial charge in [-0.15, -0.1) is 11.3 Å². The molecule has 3 aromatic rings. The number of aromatic nitrogens is 2. The summed E-state index contributed by atoms with van der Waals surface area (Å²) in [5, 5.41) is 3.61. The zero-order valence-corrected chi connectivity index (χ0v) is 13.5. The third-order valence-electron chi connectivity index (χ3n) is 3.48. The monoisotopic (exact) mass is 319 g/mol. The van der Waals surface area contributed by atoms with Gasteiger partial charge in [0.25, 0.3) is 0 Å². The maximum absolute atomic E-state index is 6.09. The molecule has 0 radical (unpaired) electrons. The Bertz CT molecular complexity index is 719. The minimum atomic E-state index is 0.264. The highest BCUT2D eigenvalue weighted by Crippen LogP contribution is 2.28. The number of imidazole rings is 1. The first-order chi connectivity index (χ1) is 10.3. The molecule has 0 saturated heterocycles. The van der Waals surface area contributed by atoms with E-state index < -0.39 is 0 Å². The molecule has 5 heteroatoms. The predicted molar refractivity (Wildman–Crippen MR) is 90.1 cm³/mol. The first kappa shape index (κ1) is 14.6. The lowest BCUT2D eigenvalue weighted by Crippen LogP contribution is -2.25. The quantitative estimate of drug-likeness (QED) is 0.725. The number of nitrogens with one attached hydrogen (secondary N) is 1. The maximum atomic E-state index is 6.09. The van der Waals surface area contributed by atoms with E-state index in [9.17, 15) is 0 Å². The van der Waals surface area contributed by atoms with E-state index in [1.807, 2.05) is 24.5 Å². The van der Waals surface area contributed by atoms with Crippen LogP contribution in [0.5, 0.6) is 0 Å². The highest BCUT2D eigenvalue weighted by Gasteiger charge is 2.15. The van der Waals surface area contributed by atoms with E-state index in [0.29, 0.717) is 0 Å². The molecule has 1 aromatic carbocycles. The molecule has 0 bridgehead atoms. The topological polar surface area (TPSA) is 29.9 Å². The van der Waals surface area contributed by atoms with E-state index in [2.05, 4.69) is 40.0 Å². The maximum Gasteiger partial charge on any atom is 0.0958 e. The Labute approximate surface area is 133 Å². The van der Waals surface area contributed by atoms with E-state index >= 15 is 0 Å². The van der Waals surface area contributed by atoms with Crippen molar-refractivity contribution in [3.8, 4) is 0 Å². The zero-order chi connectivity index (χ0) is 14.7. The molecule has 0 amide bonds. The van der Waals surface area contributed by atoms with Crippen LogP contribution in [0.25, 0.3) is 11.0 Å². The Hall–Kier alpha value is -1.36. The number of thiophene rings is 1. The summed E-state index contributed by atoms with van der Waals surface area (Å²) in [7, 11) is 0. The molecule has 0 aliphatic carbocycles. The summed E-state index contributed by atoms with van der Waals surface area (Å²) in [6.45, 7) is 4.03. The Kier molecular flexibility index (Phi) is 4.58. The zero-order valence-electron chi connectivity index (χ0n) is 11.9. The second kappa shape index (κ2) is 6.60. The smallest absolute Gasteiger partial charge is 0.0958 e. The first-order valence-corrected chi connectivity index (χ1v) is 8.36. The molecule has 0 aliphatic heterocycles. The molecular formula is C16H18ClN3S. The average Bonchev–Trinajstić information content (AvgIpc) is 3.10. The lowest BCUT2D eigenvalue weighted by molar-refractivity contribution is 0.475. The Morgan fingerprint density at radius 3 is 2.90 bits per heavy atom. The molecule has 0 aliphatic rings. The van der Waals surface area contributed by atoms with Crippen molar-refractivity contribution in [3.63, 3.8) is 0 Å². The largest absolute Gasteiger partial charge is 0.329 e. The molecule has 21 heavy (non-hydrogen) atoms. The van der Waals surface area contributed by atoms with E-state index in [4.69, 9.17) is 11.6 Å². The second-order valence-corrected chi connectivity index (χ2v) is 6.78. The van der Waals surface area contributed by atoms with Gasteiger partial charge in [-0.3, -0.25) is 0 Å². The number of halogens is 1. The van der Waals surface area contributed by atoms with E-state index in [1.54, 1.807) is 11.3 Å². The second-order valence-electron chi connectivity index (χ2n) is 5.03. The van der Waals surface area contributed by atoms with E-state index in [-0.39, 0.29) is 6.04 Å². The molecule has 1 N–H and O–H groups in total. The fraction of sp³-hybridized carbons (Fsp3) is 0.312. The van der Waals surface area contributed by atoms with Gasteiger partial charge >= 0.3 is 0 Å². The molecule has 1 atom stereocenters. The lowest BCUT2D eigenvalue weighted by atomic mass is 10.2. The van der Waals surface area contributed by atoms with E-state index in [0.717, 1.165) is 29.4 Å². The number of para-hydroxylation sites is 2. The van der Waals surface area contributed by atoms with Crippen LogP contribution in [-0.4, -0.2) is 16.1 Å². The van der Waals surface area contributed by atoms with Crippen LogP contribution in [0.15, 0.2) is 42.7 Å². The summed E-state index contributed by atoms with van der Waals surface area (Å²) < 4.78 is 3.04. The molecule has 110 valence electrons. The molecular weight excluding hydrogens is 302 g/mol. The molecule has 0 fully saturated rings. The molecule has 3 rings (SSSR count).